The number of aryl methyl sites for hydroxylation is 2. The van der Waals surface area contributed by atoms with E-state index in [9.17, 15) is 9.59 Å². The molecule has 1 atom stereocenters. The molecule has 2 aromatic heterocycles. The first-order valence-corrected chi connectivity index (χ1v) is 11.2. The van der Waals surface area contributed by atoms with Gasteiger partial charge in [0.15, 0.2) is 10.9 Å². The molecule has 1 saturated carbocycles. The Labute approximate surface area is 176 Å². The molecule has 1 unspecified atom stereocenters. The lowest BCUT2D eigenvalue weighted by Gasteiger charge is -2.25. The molecule has 0 amide bonds. The standard InChI is InChI=1S/C21H30N4O3S/c1-6-28-20(27)17-12(2)18(22-13(17)3)19(26)14(4)29-21-24-23-15(5)25(21)16-10-8-7-9-11-16/h14,16,22H,6-11H2,1-5H3. The van der Waals surface area contributed by atoms with E-state index in [1.165, 1.54) is 31.0 Å². The number of hydrogen-bond acceptors (Lipinski definition) is 6. The van der Waals surface area contributed by atoms with Crippen LogP contribution in [0.4, 0.5) is 0 Å². The molecule has 7 nitrogen and oxygen atoms in total. The monoisotopic (exact) mass is 418 g/mol. The first kappa shape index (κ1) is 21.6. The number of aromatic nitrogens is 4. The van der Waals surface area contributed by atoms with Crippen LogP contribution in [0.1, 0.15) is 89.9 Å². The summed E-state index contributed by atoms with van der Waals surface area (Å²) in [6, 6.07) is 0.411. The number of carbonyl (C=O) groups is 2. The Balaban J connectivity index is 1.80. The Morgan fingerprint density at radius 1 is 1.21 bits per heavy atom. The number of ether oxygens (including phenoxy) is 1. The molecule has 0 spiro atoms. The van der Waals surface area contributed by atoms with Crippen molar-refractivity contribution in [1.82, 2.24) is 19.7 Å². The average Bonchev–Trinajstić information content (AvgIpc) is 3.20. The third kappa shape index (κ3) is 4.42. The zero-order valence-corrected chi connectivity index (χ0v) is 18.7. The second-order valence-electron chi connectivity index (χ2n) is 7.66. The molecule has 8 heteroatoms. The first-order valence-electron chi connectivity index (χ1n) is 10.3. The van der Waals surface area contributed by atoms with Gasteiger partial charge in [0.25, 0.3) is 0 Å². The highest BCUT2D eigenvalue weighted by Gasteiger charge is 2.28. The van der Waals surface area contributed by atoms with E-state index in [0.717, 1.165) is 23.8 Å². The highest BCUT2D eigenvalue weighted by Crippen LogP contribution is 2.34. The van der Waals surface area contributed by atoms with Crippen molar-refractivity contribution in [1.29, 1.82) is 0 Å². The van der Waals surface area contributed by atoms with E-state index in [4.69, 9.17) is 4.74 Å². The van der Waals surface area contributed by atoms with Gasteiger partial charge in [-0.2, -0.15) is 0 Å². The van der Waals surface area contributed by atoms with Crippen LogP contribution in [-0.4, -0.2) is 43.4 Å². The van der Waals surface area contributed by atoms with Crippen LogP contribution >= 0.6 is 11.8 Å². The second kappa shape index (κ2) is 9.15. The van der Waals surface area contributed by atoms with Crippen LogP contribution in [0, 0.1) is 20.8 Å². The summed E-state index contributed by atoms with van der Waals surface area (Å²) in [7, 11) is 0. The Kier molecular flexibility index (Phi) is 6.82. The summed E-state index contributed by atoms with van der Waals surface area (Å²) in [5.74, 6) is 0.448. The minimum atomic E-state index is -0.397. The van der Waals surface area contributed by atoms with Crippen LogP contribution in [0.25, 0.3) is 0 Å². The van der Waals surface area contributed by atoms with Crippen molar-refractivity contribution < 1.29 is 14.3 Å². The normalized spacial score (nSPS) is 16.0. The van der Waals surface area contributed by atoms with Crippen molar-refractivity contribution in [2.45, 2.75) is 83.2 Å². The van der Waals surface area contributed by atoms with E-state index in [2.05, 4.69) is 19.7 Å². The molecule has 2 heterocycles. The number of Topliss-reactive ketones (excluding diaryl/α,β-unsaturated/α-hetero) is 1. The lowest BCUT2D eigenvalue weighted by molar-refractivity contribution is 0.0525. The first-order chi connectivity index (χ1) is 13.8. The summed E-state index contributed by atoms with van der Waals surface area (Å²) in [6.45, 7) is 9.50. The predicted octanol–water partition coefficient (Wildman–Crippen LogP) is 4.58. The van der Waals surface area contributed by atoms with Crippen LogP contribution in [0.3, 0.4) is 0 Å². The molecule has 0 aromatic carbocycles. The van der Waals surface area contributed by atoms with Crippen molar-refractivity contribution in [2.24, 2.45) is 0 Å². The van der Waals surface area contributed by atoms with Crippen molar-refractivity contribution in [3.63, 3.8) is 0 Å². The van der Waals surface area contributed by atoms with Gasteiger partial charge >= 0.3 is 5.97 Å². The summed E-state index contributed by atoms with van der Waals surface area (Å²) in [4.78, 5) is 28.5. The third-order valence-corrected chi connectivity index (χ3v) is 6.65. The van der Waals surface area contributed by atoms with E-state index >= 15 is 0 Å². The minimum Gasteiger partial charge on any atom is -0.462 e. The number of ketones is 1. The van der Waals surface area contributed by atoms with Gasteiger partial charge in [0, 0.05) is 11.7 Å². The molecule has 1 aliphatic rings. The number of carbonyl (C=O) groups excluding carboxylic acids is 2. The molecular formula is C21H30N4O3S. The molecule has 1 N–H and O–H groups in total. The van der Waals surface area contributed by atoms with Crippen LogP contribution in [0.15, 0.2) is 5.16 Å². The summed E-state index contributed by atoms with van der Waals surface area (Å²) in [5.41, 5.74) is 2.21. The molecule has 0 aliphatic heterocycles. The zero-order valence-electron chi connectivity index (χ0n) is 17.9. The van der Waals surface area contributed by atoms with Gasteiger partial charge in [-0.25, -0.2) is 4.79 Å². The number of thioether (sulfide) groups is 1. The molecular weight excluding hydrogens is 388 g/mol. The predicted molar refractivity (Wildman–Crippen MR) is 113 cm³/mol. The SMILES string of the molecule is CCOC(=O)c1c(C)[nH]c(C(=O)C(C)Sc2nnc(C)n2C2CCCCC2)c1C. The number of rotatable bonds is 7. The molecule has 3 rings (SSSR count). The topological polar surface area (TPSA) is 89.9 Å². The van der Waals surface area contributed by atoms with Gasteiger partial charge in [-0.05, 0) is 53.0 Å². The summed E-state index contributed by atoms with van der Waals surface area (Å²) in [5, 5.41) is 9.05. The van der Waals surface area contributed by atoms with E-state index in [1.807, 2.05) is 13.8 Å². The number of H-pyrrole nitrogens is 1. The molecule has 29 heavy (non-hydrogen) atoms. The highest BCUT2D eigenvalue weighted by atomic mass is 32.2. The maximum atomic E-state index is 13.1. The zero-order chi connectivity index (χ0) is 21.1. The van der Waals surface area contributed by atoms with E-state index in [1.54, 1.807) is 20.8 Å². The van der Waals surface area contributed by atoms with Crippen LogP contribution in [0.5, 0.6) is 0 Å². The second-order valence-corrected chi connectivity index (χ2v) is 8.97. The number of esters is 1. The molecule has 0 radical (unpaired) electrons. The minimum absolute atomic E-state index is 0.0537. The quantitative estimate of drug-likeness (QED) is 0.402. The van der Waals surface area contributed by atoms with Gasteiger partial charge in [-0.3, -0.25) is 4.79 Å². The number of aromatic amines is 1. The molecule has 0 saturated heterocycles. The van der Waals surface area contributed by atoms with Crippen molar-refractivity contribution in [3.8, 4) is 0 Å². The van der Waals surface area contributed by atoms with E-state index < -0.39 is 5.97 Å². The number of nitrogens with zero attached hydrogens (tertiary/aromatic N) is 3. The van der Waals surface area contributed by atoms with Crippen LogP contribution < -0.4 is 0 Å². The summed E-state index contributed by atoms with van der Waals surface area (Å²) >= 11 is 1.43. The Morgan fingerprint density at radius 3 is 2.55 bits per heavy atom. The van der Waals surface area contributed by atoms with Crippen LogP contribution in [-0.2, 0) is 4.74 Å². The van der Waals surface area contributed by atoms with Crippen LogP contribution in [0.2, 0.25) is 0 Å². The fourth-order valence-corrected chi connectivity index (χ4v) is 5.13. The lowest BCUT2D eigenvalue weighted by atomic mass is 9.95. The summed E-state index contributed by atoms with van der Waals surface area (Å²) in [6.07, 6.45) is 5.99. The smallest absolute Gasteiger partial charge is 0.340 e. The van der Waals surface area contributed by atoms with Gasteiger partial charge in [0.1, 0.15) is 5.82 Å². The largest absolute Gasteiger partial charge is 0.462 e. The fourth-order valence-electron chi connectivity index (χ4n) is 4.11. The van der Waals surface area contributed by atoms with Gasteiger partial charge in [-0.15, -0.1) is 10.2 Å². The Hall–Kier alpha value is -2.09. The van der Waals surface area contributed by atoms with Crippen molar-refractivity contribution in [2.75, 3.05) is 6.61 Å². The fraction of sp³-hybridized carbons (Fsp3) is 0.619. The molecule has 0 bridgehead atoms. The summed E-state index contributed by atoms with van der Waals surface area (Å²) < 4.78 is 7.33. The lowest BCUT2D eigenvalue weighted by Crippen LogP contribution is -2.19. The Bertz CT molecular complexity index is 896. The molecule has 2 aromatic rings. The molecule has 1 aliphatic carbocycles. The van der Waals surface area contributed by atoms with Crippen molar-refractivity contribution >= 4 is 23.5 Å². The third-order valence-electron chi connectivity index (χ3n) is 5.59. The molecule has 1 fully saturated rings. The van der Waals surface area contributed by atoms with Gasteiger partial charge < -0.3 is 14.3 Å². The average molecular weight is 419 g/mol. The van der Waals surface area contributed by atoms with E-state index in [0.29, 0.717) is 35.2 Å². The number of hydrogen-bond donors (Lipinski definition) is 1. The Morgan fingerprint density at radius 2 is 1.90 bits per heavy atom. The van der Waals surface area contributed by atoms with Gasteiger partial charge in [0.2, 0.25) is 0 Å². The number of nitrogens with one attached hydrogen (secondary N) is 1. The van der Waals surface area contributed by atoms with Gasteiger partial charge in [-0.1, -0.05) is 31.0 Å². The maximum Gasteiger partial charge on any atom is 0.340 e. The maximum absolute atomic E-state index is 13.1. The highest BCUT2D eigenvalue weighted by molar-refractivity contribution is 8.00. The van der Waals surface area contributed by atoms with E-state index in [-0.39, 0.29) is 11.0 Å². The van der Waals surface area contributed by atoms with Crippen molar-refractivity contribution in [3.05, 3.63) is 28.3 Å². The molecule has 158 valence electrons. The van der Waals surface area contributed by atoms with Gasteiger partial charge in [0.05, 0.1) is 23.1 Å².